The van der Waals surface area contributed by atoms with E-state index in [0.717, 1.165) is 12.8 Å². The summed E-state index contributed by atoms with van der Waals surface area (Å²) in [6.07, 6.45) is 35.4. The van der Waals surface area contributed by atoms with E-state index in [0.29, 0.717) is 0 Å². The molecular weight excluding hydrogens is 516 g/mol. The van der Waals surface area contributed by atoms with Crippen LogP contribution in [0.3, 0.4) is 0 Å². The van der Waals surface area contributed by atoms with Crippen molar-refractivity contribution in [3.05, 3.63) is 47.0 Å². The average molecular weight is 583 g/mol. The molecule has 0 unspecified atom stereocenters. The van der Waals surface area contributed by atoms with Crippen LogP contribution < -0.4 is 0 Å². The van der Waals surface area contributed by atoms with Crippen molar-refractivity contribution in [2.24, 2.45) is 0 Å². The highest BCUT2D eigenvalue weighted by atomic mass is 14.1. The molecule has 0 radical (unpaired) electrons. The molecule has 0 saturated carbocycles. The third kappa shape index (κ3) is 17.6. The van der Waals surface area contributed by atoms with Gasteiger partial charge in [0.1, 0.15) is 0 Å². The normalized spacial score (nSPS) is 10.9. The Balaban J connectivity index is 1.66. The first-order valence-corrected chi connectivity index (χ1v) is 18.8. The van der Waals surface area contributed by atoms with Gasteiger partial charge in [0.2, 0.25) is 0 Å². The lowest BCUT2D eigenvalue weighted by Gasteiger charge is -2.08. The van der Waals surface area contributed by atoms with E-state index < -0.39 is 0 Å². The van der Waals surface area contributed by atoms with Crippen molar-refractivity contribution < 1.29 is 0 Å². The van der Waals surface area contributed by atoms with Gasteiger partial charge in [0.25, 0.3) is 0 Å². The van der Waals surface area contributed by atoms with E-state index in [-0.39, 0.29) is 0 Å². The molecule has 0 nitrogen and oxygen atoms in total. The Morgan fingerprint density at radius 2 is 0.814 bits per heavy atom. The van der Waals surface area contributed by atoms with E-state index >= 15 is 0 Å². The lowest BCUT2D eigenvalue weighted by Crippen LogP contribution is -1.90. The van der Waals surface area contributed by atoms with Crippen LogP contribution >= 0.6 is 0 Å². The Hall–Kier alpha value is -2.18. The van der Waals surface area contributed by atoms with E-state index in [4.69, 9.17) is 0 Å². The van der Waals surface area contributed by atoms with Crippen molar-refractivity contribution in [2.45, 2.75) is 188 Å². The molecule has 0 aliphatic rings. The van der Waals surface area contributed by atoms with Crippen molar-refractivity contribution in [1.29, 1.82) is 0 Å². The molecule has 0 atom stereocenters. The number of rotatable bonds is 24. The Morgan fingerprint density at radius 3 is 1.26 bits per heavy atom. The Labute approximate surface area is 268 Å². The molecule has 238 valence electrons. The summed E-state index contributed by atoms with van der Waals surface area (Å²) in [7, 11) is 0. The summed E-state index contributed by atoms with van der Waals surface area (Å²) in [6, 6.07) is 11.0. The maximum absolute atomic E-state index is 3.54. The molecule has 0 heterocycles. The minimum atomic E-state index is 1.01. The van der Waals surface area contributed by atoms with Crippen LogP contribution in [0.2, 0.25) is 0 Å². The van der Waals surface area contributed by atoms with Crippen molar-refractivity contribution in [3.8, 4) is 23.7 Å². The molecule has 0 aliphatic heterocycles. The maximum Gasteiger partial charge on any atom is 0.0353 e. The lowest BCUT2D eigenvalue weighted by atomic mass is 9.95. The summed E-state index contributed by atoms with van der Waals surface area (Å²) >= 11 is 0. The maximum atomic E-state index is 3.54. The predicted octanol–water partition coefficient (Wildman–Crippen LogP) is 14.0. The molecule has 0 aromatic heterocycles. The molecule has 0 bridgehead atoms. The van der Waals surface area contributed by atoms with Gasteiger partial charge < -0.3 is 0 Å². The number of hydrogen-bond donors (Lipinski definition) is 0. The van der Waals surface area contributed by atoms with Crippen molar-refractivity contribution >= 4 is 10.8 Å². The van der Waals surface area contributed by atoms with Gasteiger partial charge in [-0.15, -0.1) is 0 Å². The fourth-order valence-electron chi connectivity index (χ4n) is 6.20. The van der Waals surface area contributed by atoms with Crippen LogP contribution in [0.5, 0.6) is 0 Å². The number of fused-ring (bicyclic) bond motifs is 1. The summed E-state index contributed by atoms with van der Waals surface area (Å²) in [6.45, 7) is 6.79. The minimum Gasteiger partial charge on any atom is -0.0979 e. The van der Waals surface area contributed by atoms with Crippen molar-refractivity contribution in [2.75, 3.05) is 0 Å². The largest absolute Gasteiger partial charge is 0.0979 e. The van der Waals surface area contributed by atoms with Crippen LogP contribution in [0.25, 0.3) is 10.8 Å². The average Bonchev–Trinajstić information content (AvgIpc) is 3.02. The molecule has 2 aromatic rings. The Bertz CT molecular complexity index is 1080. The van der Waals surface area contributed by atoms with Crippen LogP contribution in [0.1, 0.15) is 197 Å². The van der Waals surface area contributed by atoms with Gasteiger partial charge >= 0.3 is 0 Å². The molecular formula is C43H66. The number of unbranched alkanes of at least 4 members (excludes halogenated alkanes) is 24. The monoisotopic (exact) mass is 583 g/mol. The van der Waals surface area contributed by atoms with Crippen LogP contribution in [0.4, 0.5) is 0 Å². The molecule has 0 N–H and O–H groups in total. The number of benzene rings is 2. The van der Waals surface area contributed by atoms with Crippen molar-refractivity contribution in [3.63, 3.8) is 0 Å². The zero-order chi connectivity index (χ0) is 30.6. The third-order valence-electron chi connectivity index (χ3n) is 8.99. The van der Waals surface area contributed by atoms with E-state index in [1.165, 1.54) is 182 Å². The third-order valence-corrected chi connectivity index (χ3v) is 8.99. The standard InChI is InChI=1S/C43H66/c1-4-6-8-10-12-14-16-18-20-22-24-26-28-30-34-40-38-39(3)41(43-37-33-32-36-42(40)43)35-31-29-27-25-23-21-19-17-15-13-11-9-7-5-2/h32-33,36-38H,4-29H2,1-3H3. The van der Waals surface area contributed by atoms with Crippen LogP contribution in [0, 0.1) is 30.6 Å². The zero-order valence-electron chi connectivity index (χ0n) is 28.8. The zero-order valence-corrected chi connectivity index (χ0v) is 28.8. The van der Waals surface area contributed by atoms with Gasteiger partial charge in [-0.2, -0.15) is 0 Å². The van der Waals surface area contributed by atoms with Crippen LogP contribution in [0.15, 0.2) is 30.3 Å². The molecule has 0 heteroatoms. The summed E-state index contributed by atoms with van der Waals surface area (Å²) < 4.78 is 0. The van der Waals surface area contributed by atoms with E-state index in [1.807, 2.05) is 0 Å². The molecule has 0 spiro atoms. The highest BCUT2D eigenvalue weighted by Crippen LogP contribution is 2.25. The van der Waals surface area contributed by atoms with Gasteiger partial charge in [0.15, 0.2) is 0 Å². The summed E-state index contributed by atoms with van der Waals surface area (Å²) in [5, 5.41) is 2.52. The molecule has 0 aliphatic carbocycles. The van der Waals surface area contributed by atoms with Gasteiger partial charge in [-0.05, 0) is 42.2 Å². The Kier molecular flexibility index (Phi) is 22.6. The molecule has 2 aromatic carbocycles. The second kappa shape index (κ2) is 26.2. The van der Waals surface area contributed by atoms with Gasteiger partial charge in [-0.3, -0.25) is 0 Å². The summed E-state index contributed by atoms with van der Waals surface area (Å²) in [5.41, 5.74) is 3.62. The first-order valence-electron chi connectivity index (χ1n) is 18.8. The van der Waals surface area contributed by atoms with E-state index in [1.54, 1.807) is 0 Å². The molecule has 43 heavy (non-hydrogen) atoms. The smallest absolute Gasteiger partial charge is 0.0353 e. The van der Waals surface area contributed by atoms with Gasteiger partial charge in [-0.1, -0.05) is 203 Å². The Morgan fingerprint density at radius 1 is 0.442 bits per heavy atom. The van der Waals surface area contributed by atoms with Gasteiger partial charge in [0, 0.05) is 24.0 Å². The molecule has 0 saturated heterocycles. The second-order valence-corrected chi connectivity index (χ2v) is 13.0. The summed E-state index contributed by atoms with van der Waals surface area (Å²) in [4.78, 5) is 0. The predicted molar refractivity (Wildman–Crippen MR) is 194 cm³/mol. The number of aryl methyl sites for hydroxylation is 1. The first kappa shape index (κ1) is 37.0. The SMILES string of the molecule is CCCCCCCCCCCCCCC#Cc1cc(C)c(C#CCCCCCCCCCCCCCC)c2ccccc12. The van der Waals surface area contributed by atoms with E-state index in [2.05, 4.69) is 74.8 Å². The van der Waals surface area contributed by atoms with E-state index in [9.17, 15) is 0 Å². The first-order chi connectivity index (χ1) is 21.3. The quantitative estimate of drug-likeness (QED) is 0.0853. The number of hydrogen-bond acceptors (Lipinski definition) is 0. The molecule has 0 fully saturated rings. The second-order valence-electron chi connectivity index (χ2n) is 13.0. The van der Waals surface area contributed by atoms with Crippen LogP contribution in [-0.2, 0) is 0 Å². The molecule has 0 amide bonds. The van der Waals surface area contributed by atoms with Gasteiger partial charge in [-0.25, -0.2) is 0 Å². The fourth-order valence-corrected chi connectivity index (χ4v) is 6.20. The topological polar surface area (TPSA) is 0 Å². The lowest BCUT2D eigenvalue weighted by molar-refractivity contribution is 0.545. The fraction of sp³-hybridized carbons (Fsp3) is 0.674. The summed E-state index contributed by atoms with van der Waals surface area (Å²) in [5.74, 6) is 14.1. The van der Waals surface area contributed by atoms with Gasteiger partial charge in [0.05, 0.1) is 0 Å². The highest BCUT2D eigenvalue weighted by molar-refractivity contribution is 5.94. The van der Waals surface area contributed by atoms with Crippen molar-refractivity contribution in [1.82, 2.24) is 0 Å². The highest BCUT2D eigenvalue weighted by Gasteiger charge is 2.06. The van der Waals surface area contributed by atoms with Crippen LogP contribution in [-0.4, -0.2) is 0 Å². The molecule has 2 rings (SSSR count). The minimum absolute atomic E-state index is 1.01.